The molecule has 25 heavy (non-hydrogen) atoms. The number of anilines is 1. The van der Waals surface area contributed by atoms with Crippen molar-refractivity contribution in [1.82, 2.24) is 25.0 Å². The van der Waals surface area contributed by atoms with E-state index in [9.17, 15) is 9.59 Å². The highest BCUT2D eigenvalue weighted by Gasteiger charge is 2.12. The van der Waals surface area contributed by atoms with Gasteiger partial charge >= 0.3 is 5.69 Å². The van der Waals surface area contributed by atoms with Crippen LogP contribution in [0.4, 0.5) is 5.69 Å². The van der Waals surface area contributed by atoms with Gasteiger partial charge in [-0.3, -0.25) is 4.79 Å². The summed E-state index contributed by atoms with van der Waals surface area (Å²) in [5.41, 5.74) is 2.50. The Hall–Kier alpha value is -3.20. The van der Waals surface area contributed by atoms with Crippen LogP contribution in [-0.4, -0.2) is 30.9 Å². The molecule has 4 rings (SSSR count). The average Bonchev–Trinajstić information content (AvgIpc) is 3.20. The Labute approximate surface area is 149 Å². The number of H-pyrrole nitrogens is 2. The van der Waals surface area contributed by atoms with Crippen LogP contribution >= 0.6 is 15.9 Å². The molecule has 0 radical (unpaired) electrons. The largest absolute Gasteiger partial charge is 0.323 e. The highest BCUT2D eigenvalue weighted by atomic mass is 79.9. The summed E-state index contributed by atoms with van der Waals surface area (Å²) in [5.74, 6) is -0.390. The number of nitrogens with zero attached hydrogens (tertiary/aromatic N) is 3. The summed E-state index contributed by atoms with van der Waals surface area (Å²) in [5, 5.41) is 10.6. The summed E-state index contributed by atoms with van der Waals surface area (Å²) in [6.07, 6.45) is 1.55. The summed E-state index contributed by atoms with van der Waals surface area (Å²) in [6.45, 7) is 0. The van der Waals surface area contributed by atoms with Crippen LogP contribution in [0.5, 0.6) is 0 Å². The van der Waals surface area contributed by atoms with Crippen LogP contribution in [0.15, 0.2) is 57.9 Å². The number of hydrogen-bond donors (Lipinski definition) is 3. The van der Waals surface area contributed by atoms with Crippen molar-refractivity contribution in [2.24, 2.45) is 0 Å². The van der Waals surface area contributed by atoms with Crippen molar-refractivity contribution in [1.29, 1.82) is 0 Å². The number of benzene rings is 2. The third kappa shape index (κ3) is 3.09. The number of aromatic nitrogens is 5. The highest BCUT2D eigenvalue weighted by Crippen LogP contribution is 2.17. The molecule has 2 heterocycles. The Morgan fingerprint density at radius 3 is 2.80 bits per heavy atom. The lowest BCUT2D eigenvalue weighted by molar-refractivity contribution is 0.102. The molecule has 0 saturated carbocycles. The molecule has 0 spiro atoms. The van der Waals surface area contributed by atoms with Gasteiger partial charge in [0.05, 0.1) is 22.9 Å². The number of carbonyl (C=O) groups excluding carboxylic acids is 1. The van der Waals surface area contributed by atoms with Crippen LogP contribution in [0.25, 0.3) is 16.7 Å². The van der Waals surface area contributed by atoms with E-state index in [0.29, 0.717) is 16.7 Å². The fraction of sp³-hybridized carbons (Fsp3) is 0. The zero-order valence-electron chi connectivity index (χ0n) is 12.7. The van der Waals surface area contributed by atoms with E-state index >= 15 is 0 Å². The molecule has 3 N–H and O–H groups in total. The quantitative estimate of drug-likeness (QED) is 0.492. The predicted octanol–water partition coefficient (Wildman–Crippen LogP) is 2.45. The van der Waals surface area contributed by atoms with E-state index in [0.717, 1.165) is 10.2 Å². The number of rotatable bonds is 3. The predicted molar refractivity (Wildman–Crippen MR) is 95.9 cm³/mol. The zero-order chi connectivity index (χ0) is 17.4. The molecule has 0 aliphatic carbocycles. The van der Waals surface area contributed by atoms with Crippen molar-refractivity contribution >= 4 is 38.6 Å². The average molecular weight is 399 g/mol. The Balaban J connectivity index is 1.57. The van der Waals surface area contributed by atoms with Crippen LogP contribution in [-0.2, 0) is 0 Å². The molecule has 9 heteroatoms. The maximum absolute atomic E-state index is 12.4. The van der Waals surface area contributed by atoms with Crippen molar-refractivity contribution in [3.8, 4) is 5.69 Å². The number of hydrogen-bond acceptors (Lipinski definition) is 4. The molecule has 0 unspecified atom stereocenters. The van der Waals surface area contributed by atoms with Crippen molar-refractivity contribution in [3.63, 3.8) is 0 Å². The van der Waals surface area contributed by atoms with Gasteiger partial charge in [-0.1, -0.05) is 27.2 Å². The first-order valence-corrected chi connectivity index (χ1v) is 8.09. The van der Waals surface area contributed by atoms with Crippen LogP contribution in [0, 0.1) is 0 Å². The number of halogens is 1. The van der Waals surface area contributed by atoms with Gasteiger partial charge in [0, 0.05) is 10.2 Å². The minimum atomic E-state index is -0.390. The Bertz CT molecular complexity index is 1140. The normalized spacial score (nSPS) is 10.9. The Morgan fingerprint density at radius 2 is 1.96 bits per heavy atom. The number of carbonyl (C=O) groups is 1. The van der Waals surface area contributed by atoms with E-state index in [4.69, 9.17) is 0 Å². The van der Waals surface area contributed by atoms with E-state index in [1.165, 1.54) is 4.68 Å². The molecular weight excluding hydrogens is 388 g/mol. The van der Waals surface area contributed by atoms with Gasteiger partial charge in [0.15, 0.2) is 5.69 Å². The Kier molecular flexibility index (Phi) is 3.69. The van der Waals surface area contributed by atoms with Crippen molar-refractivity contribution in [2.45, 2.75) is 0 Å². The van der Waals surface area contributed by atoms with E-state index in [-0.39, 0.29) is 11.4 Å². The van der Waals surface area contributed by atoms with E-state index in [1.54, 1.807) is 24.4 Å². The lowest BCUT2D eigenvalue weighted by Gasteiger charge is -2.02. The summed E-state index contributed by atoms with van der Waals surface area (Å²) in [7, 11) is 0. The standard InChI is InChI=1S/C16H11BrN6O2/c17-9-2-1-3-11(6-9)23-8-14(21-22-23)15(24)18-10-4-5-12-13(7-10)20-16(25)19-12/h1-8H,(H,18,24)(H2,19,20,25). The van der Waals surface area contributed by atoms with Gasteiger partial charge in [-0.25, -0.2) is 9.48 Å². The molecule has 0 atom stereocenters. The molecule has 4 aromatic rings. The van der Waals surface area contributed by atoms with Gasteiger partial charge < -0.3 is 15.3 Å². The number of amides is 1. The second-order valence-corrected chi connectivity index (χ2v) is 6.24. The number of fused-ring (bicyclic) bond motifs is 1. The van der Waals surface area contributed by atoms with E-state index in [1.807, 2.05) is 24.3 Å². The van der Waals surface area contributed by atoms with Gasteiger partial charge in [0.1, 0.15) is 0 Å². The first kappa shape index (κ1) is 15.3. The SMILES string of the molecule is O=C(Nc1ccc2[nH]c(=O)[nH]c2c1)c1cn(-c2cccc(Br)c2)nn1. The molecule has 8 nitrogen and oxygen atoms in total. The molecule has 0 fully saturated rings. The highest BCUT2D eigenvalue weighted by molar-refractivity contribution is 9.10. The van der Waals surface area contributed by atoms with Crippen LogP contribution in [0.2, 0.25) is 0 Å². The summed E-state index contributed by atoms with van der Waals surface area (Å²) in [4.78, 5) is 28.9. The van der Waals surface area contributed by atoms with Crippen molar-refractivity contribution in [3.05, 3.63) is 69.3 Å². The van der Waals surface area contributed by atoms with Crippen molar-refractivity contribution < 1.29 is 4.79 Å². The fourth-order valence-electron chi connectivity index (χ4n) is 2.42. The second kappa shape index (κ2) is 6.02. The topological polar surface area (TPSA) is 108 Å². The third-order valence-corrected chi connectivity index (χ3v) is 4.07. The number of imidazole rings is 1. The molecule has 2 aromatic carbocycles. The molecule has 0 saturated heterocycles. The molecular formula is C16H11BrN6O2. The lowest BCUT2D eigenvalue weighted by atomic mass is 10.2. The minimum Gasteiger partial charge on any atom is -0.320 e. The molecule has 1 amide bonds. The van der Waals surface area contributed by atoms with Crippen LogP contribution in [0.3, 0.4) is 0 Å². The molecule has 0 bridgehead atoms. The first-order valence-electron chi connectivity index (χ1n) is 7.30. The maximum atomic E-state index is 12.4. The summed E-state index contributed by atoms with van der Waals surface area (Å²) >= 11 is 3.39. The minimum absolute atomic E-state index is 0.183. The smallest absolute Gasteiger partial charge is 0.320 e. The first-order chi connectivity index (χ1) is 12.1. The monoisotopic (exact) mass is 398 g/mol. The maximum Gasteiger partial charge on any atom is 0.323 e. The molecule has 0 aliphatic rings. The van der Waals surface area contributed by atoms with Crippen LogP contribution in [0.1, 0.15) is 10.5 Å². The summed E-state index contributed by atoms with van der Waals surface area (Å²) in [6, 6.07) is 12.6. The fourth-order valence-corrected chi connectivity index (χ4v) is 2.81. The zero-order valence-corrected chi connectivity index (χ0v) is 14.2. The van der Waals surface area contributed by atoms with Gasteiger partial charge in [0.2, 0.25) is 0 Å². The molecule has 0 aliphatic heterocycles. The van der Waals surface area contributed by atoms with Gasteiger partial charge in [-0.2, -0.15) is 0 Å². The third-order valence-electron chi connectivity index (χ3n) is 3.57. The van der Waals surface area contributed by atoms with Crippen LogP contribution < -0.4 is 11.0 Å². The lowest BCUT2D eigenvalue weighted by Crippen LogP contribution is -2.12. The number of nitrogens with one attached hydrogen (secondary N) is 3. The molecule has 2 aromatic heterocycles. The van der Waals surface area contributed by atoms with E-state index < -0.39 is 5.91 Å². The number of aromatic amines is 2. The molecule has 124 valence electrons. The van der Waals surface area contributed by atoms with Crippen molar-refractivity contribution in [2.75, 3.05) is 5.32 Å². The van der Waals surface area contributed by atoms with E-state index in [2.05, 4.69) is 41.5 Å². The Morgan fingerprint density at radius 1 is 1.12 bits per heavy atom. The second-order valence-electron chi connectivity index (χ2n) is 5.32. The van der Waals surface area contributed by atoms with Gasteiger partial charge in [0.25, 0.3) is 5.91 Å². The van der Waals surface area contributed by atoms with Gasteiger partial charge in [-0.05, 0) is 36.4 Å². The van der Waals surface area contributed by atoms with Gasteiger partial charge in [-0.15, -0.1) is 5.10 Å². The summed E-state index contributed by atoms with van der Waals surface area (Å²) < 4.78 is 2.42.